The number of aliphatic carboxylic acids is 4. The number of carbonyl (C=O) groups excluding carboxylic acids is 2. The molecule has 0 aliphatic carbocycles. The van der Waals surface area contributed by atoms with E-state index in [9.17, 15) is 39.0 Å². The van der Waals surface area contributed by atoms with Crippen LogP contribution in [0.3, 0.4) is 0 Å². The summed E-state index contributed by atoms with van der Waals surface area (Å²) in [7, 11) is 0. The van der Waals surface area contributed by atoms with Crippen molar-refractivity contribution in [2.75, 3.05) is 4.43 Å². The molecule has 0 spiro atoms. The van der Waals surface area contributed by atoms with Gasteiger partial charge in [0.05, 0.1) is 5.69 Å². The van der Waals surface area contributed by atoms with Crippen molar-refractivity contribution in [2.45, 2.75) is 95.3 Å². The molecule has 16 nitrogen and oxygen atoms in total. The van der Waals surface area contributed by atoms with E-state index in [1.54, 1.807) is 10.9 Å². The zero-order chi connectivity index (χ0) is 30.8. The molecule has 41 heavy (non-hydrogen) atoms. The lowest BCUT2D eigenvalue weighted by Gasteiger charge is -2.18. The van der Waals surface area contributed by atoms with Gasteiger partial charge in [-0.25, -0.2) is 19.2 Å². The zero-order valence-corrected chi connectivity index (χ0v) is 24.6. The Balaban J connectivity index is 2.40. The summed E-state index contributed by atoms with van der Waals surface area (Å²) in [5, 5.41) is 51.3. The van der Waals surface area contributed by atoms with Crippen molar-refractivity contribution in [2.24, 2.45) is 0 Å². The molecule has 0 aromatic carbocycles. The van der Waals surface area contributed by atoms with E-state index in [4.69, 9.17) is 10.2 Å². The summed E-state index contributed by atoms with van der Waals surface area (Å²) in [6.45, 7) is 0.416. The van der Waals surface area contributed by atoms with Crippen molar-refractivity contribution in [3.63, 3.8) is 0 Å². The Kier molecular flexibility index (Phi) is 16.9. The summed E-state index contributed by atoms with van der Waals surface area (Å²) < 4.78 is 2.49. The Labute approximate surface area is 249 Å². The molecule has 230 valence electrons. The highest BCUT2D eigenvalue weighted by atomic mass is 127. The van der Waals surface area contributed by atoms with Crippen LogP contribution in [0.4, 0.5) is 4.79 Å². The third kappa shape index (κ3) is 15.8. The van der Waals surface area contributed by atoms with Gasteiger partial charge >= 0.3 is 29.9 Å². The molecule has 0 aliphatic heterocycles. The highest BCUT2D eigenvalue weighted by Gasteiger charge is 2.25. The minimum atomic E-state index is -1.48. The van der Waals surface area contributed by atoms with E-state index < -0.39 is 54.5 Å². The molecular formula is C24H37IN6O10. The first kappa shape index (κ1) is 35.5. The molecule has 1 aromatic heterocycles. The fourth-order valence-electron chi connectivity index (χ4n) is 3.72. The Morgan fingerprint density at radius 2 is 1.32 bits per heavy atom. The number of halogens is 1. The van der Waals surface area contributed by atoms with Gasteiger partial charge in [-0.15, -0.1) is 5.10 Å². The summed E-state index contributed by atoms with van der Waals surface area (Å²) in [5.74, 6) is -5.36. The minimum Gasteiger partial charge on any atom is -0.481 e. The van der Waals surface area contributed by atoms with E-state index >= 15 is 0 Å². The number of unbranched alkanes of at least 4 members (excludes halogenated alkanes) is 2. The first-order chi connectivity index (χ1) is 19.4. The van der Waals surface area contributed by atoms with E-state index in [0.29, 0.717) is 44.3 Å². The van der Waals surface area contributed by atoms with Gasteiger partial charge in [-0.2, -0.15) is 0 Å². The van der Waals surface area contributed by atoms with Gasteiger partial charge in [-0.3, -0.25) is 14.3 Å². The Morgan fingerprint density at radius 1 is 0.756 bits per heavy atom. The number of carboxylic acid groups (broad SMARTS) is 4. The maximum Gasteiger partial charge on any atom is 0.326 e. The average molecular weight is 696 g/mol. The molecule has 0 saturated carbocycles. The predicted octanol–water partition coefficient (Wildman–Crippen LogP) is 1.02. The molecule has 0 aliphatic rings. The van der Waals surface area contributed by atoms with Crippen LogP contribution in [0.25, 0.3) is 0 Å². The van der Waals surface area contributed by atoms with Crippen molar-refractivity contribution in [1.82, 2.24) is 30.9 Å². The highest BCUT2D eigenvalue weighted by molar-refractivity contribution is 14.1. The van der Waals surface area contributed by atoms with Crippen molar-refractivity contribution >= 4 is 58.4 Å². The fourth-order valence-corrected chi connectivity index (χ4v) is 4.26. The first-order valence-corrected chi connectivity index (χ1v) is 14.7. The van der Waals surface area contributed by atoms with E-state index in [0.717, 1.165) is 17.3 Å². The zero-order valence-electron chi connectivity index (χ0n) is 22.5. The average Bonchev–Trinajstić information content (AvgIpc) is 3.34. The summed E-state index contributed by atoms with van der Waals surface area (Å²) in [6, 6.07) is -4.69. The molecular weight excluding hydrogens is 659 g/mol. The molecule has 1 rings (SSSR count). The number of hydrogen-bond acceptors (Lipinski definition) is 8. The van der Waals surface area contributed by atoms with Crippen LogP contribution in [-0.2, 0) is 36.9 Å². The smallest absolute Gasteiger partial charge is 0.326 e. The number of nitrogens with zero attached hydrogens (tertiary/aromatic N) is 3. The van der Waals surface area contributed by atoms with Crippen molar-refractivity contribution in [3.8, 4) is 0 Å². The second kappa shape index (κ2) is 19.5. The number of rotatable bonds is 22. The number of carbonyl (C=O) groups is 6. The fraction of sp³-hybridized carbons (Fsp3) is 0.667. The minimum absolute atomic E-state index is 0.0572. The van der Waals surface area contributed by atoms with Gasteiger partial charge in [0.2, 0.25) is 5.91 Å². The van der Waals surface area contributed by atoms with Gasteiger partial charge in [-0.05, 0) is 55.8 Å². The number of aryl methyl sites for hydroxylation is 2. The second-order valence-corrected chi connectivity index (χ2v) is 10.4. The van der Waals surface area contributed by atoms with Crippen LogP contribution in [0, 0.1) is 0 Å². The molecule has 1 heterocycles. The second-order valence-electron chi connectivity index (χ2n) is 9.30. The summed E-state index contributed by atoms with van der Waals surface area (Å²) in [4.78, 5) is 68.9. The largest absolute Gasteiger partial charge is 0.481 e. The lowest BCUT2D eigenvalue weighted by atomic mass is 10.1. The van der Waals surface area contributed by atoms with Crippen molar-refractivity contribution < 1.29 is 49.2 Å². The maximum absolute atomic E-state index is 12.1. The van der Waals surface area contributed by atoms with Crippen LogP contribution in [0.15, 0.2) is 6.20 Å². The van der Waals surface area contributed by atoms with Crippen molar-refractivity contribution in [3.05, 3.63) is 11.9 Å². The van der Waals surface area contributed by atoms with Gasteiger partial charge in [0.25, 0.3) is 0 Å². The molecule has 1 aromatic rings. The van der Waals surface area contributed by atoms with Gasteiger partial charge in [0.1, 0.15) is 18.1 Å². The molecule has 3 amide bonds. The van der Waals surface area contributed by atoms with Crippen molar-refractivity contribution in [1.29, 1.82) is 0 Å². The maximum atomic E-state index is 12.1. The number of aromatic nitrogens is 3. The number of carboxylic acids is 4. The van der Waals surface area contributed by atoms with Gasteiger partial charge in [-0.1, -0.05) is 34.2 Å². The van der Waals surface area contributed by atoms with E-state index in [1.807, 2.05) is 0 Å². The van der Waals surface area contributed by atoms with E-state index in [1.165, 1.54) is 0 Å². The van der Waals surface area contributed by atoms with E-state index in [-0.39, 0.29) is 25.2 Å². The number of alkyl halides is 1. The molecule has 0 saturated heterocycles. The van der Waals surface area contributed by atoms with Crippen LogP contribution >= 0.6 is 22.6 Å². The number of urea groups is 1. The lowest BCUT2D eigenvalue weighted by molar-refractivity contribution is -0.142. The Bertz CT molecular complexity index is 1040. The van der Waals surface area contributed by atoms with Crippen LogP contribution in [0.2, 0.25) is 0 Å². The summed E-state index contributed by atoms with van der Waals surface area (Å²) >= 11 is 2.22. The lowest BCUT2D eigenvalue weighted by Crippen LogP contribution is -2.51. The third-order valence-corrected chi connectivity index (χ3v) is 6.68. The van der Waals surface area contributed by atoms with Gasteiger partial charge < -0.3 is 36.4 Å². The molecule has 7 N–H and O–H groups in total. The molecule has 3 atom stereocenters. The molecule has 0 bridgehead atoms. The standard InChI is InChI=1S/C24H37IN6O10/c25-12-3-1-7-16(21(35)36)26-19(32)9-5-6-15-14-31(30-29-15)13-4-2-8-17(22(37)38)27-24(41)28-18(23(39)40)10-11-20(33)34/h14,16-18H,1-13H2,(H,26,32)(H,33,34)(H,35,36)(H,37,38)(H,39,40)(H2,27,28,41)/t16?,17-,18-/m0/s1. The summed E-state index contributed by atoms with van der Waals surface area (Å²) in [6.07, 6.45) is 4.86. The first-order valence-electron chi connectivity index (χ1n) is 13.1. The van der Waals surface area contributed by atoms with Gasteiger partial charge in [0, 0.05) is 25.6 Å². The van der Waals surface area contributed by atoms with Crippen LogP contribution < -0.4 is 16.0 Å². The number of amides is 3. The third-order valence-electron chi connectivity index (χ3n) is 5.92. The highest BCUT2D eigenvalue weighted by Crippen LogP contribution is 2.08. The van der Waals surface area contributed by atoms with Gasteiger partial charge in [0.15, 0.2) is 0 Å². The molecule has 1 unspecified atom stereocenters. The quantitative estimate of drug-likeness (QED) is 0.0510. The molecule has 17 heteroatoms. The Morgan fingerprint density at radius 3 is 1.88 bits per heavy atom. The summed E-state index contributed by atoms with van der Waals surface area (Å²) in [5.41, 5.74) is 0.646. The Hall–Kier alpha value is -3.51. The number of hydrogen-bond donors (Lipinski definition) is 7. The SMILES string of the molecule is O=C(O)CC[C@H](NC(=O)N[C@@H](CCCCn1cc(CCCC(=O)NC(CCCCI)C(=O)O)nn1)C(=O)O)C(=O)O. The van der Waals surface area contributed by atoms with Crippen LogP contribution in [-0.4, -0.2) is 93.8 Å². The topological polar surface area (TPSA) is 250 Å². The van der Waals surface area contributed by atoms with E-state index in [2.05, 4.69) is 48.9 Å². The predicted molar refractivity (Wildman–Crippen MR) is 151 cm³/mol. The number of nitrogens with one attached hydrogen (secondary N) is 3. The van der Waals surface area contributed by atoms with Crippen LogP contribution in [0.5, 0.6) is 0 Å². The molecule has 0 radical (unpaired) electrons. The molecule has 0 fully saturated rings. The monoisotopic (exact) mass is 696 g/mol. The normalized spacial score (nSPS) is 13.0. The van der Waals surface area contributed by atoms with Crippen LogP contribution in [0.1, 0.15) is 69.9 Å².